The molecule has 0 unspecified atom stereocenters. The molecule has 5 nitrogen and oxygen atoms in total. The first kappa shape index (κ1) is 18.8. The number of nitrogens with one attached hydrogen (secondary N) is 2. The Morgan fingerprint density at radius 1 is 1.35 bits per heavy atom. The van der Waals surface area contributed by atoms with Gasteiger partial charge in [-0.25, -0.2) is 0 Å². The van der Waals surface area contributed by atoms with Crippen LogP contribution in [0.4, 0.5) is 5.69 Å². The van der Waals surface area contributed by atoms with E-state index >= 15 is 0 Å². The average molecular weight is 319 g/mol. The fraction of sp³-hybridized carbons (Fsp3) is 0.385. The quantitative estimate of drug-likeness (QED) is 0.749. The van der Waals surface area contributed by atoms with Crippen molar-refractivity contribution < 1.29 is 14.3 Å². The lowest BCUT2D eigenvalue weighted by Gasteiger charge is -2.07. The Labute approximate surface area is 129 Å². The molecule has 0 spiro atoms. The van der Waals surface area contributed by atoms with Gasteiger partial charge in [0.15, 0.2) is 0 Å². The number of anilines is 1. The summed E-state index contributed by atoms with van der Waals surface area (Å²) in [5.74, 6) is 0.711. The Morgan fingerprint density at radius 3 is 2.75 bits per heavy atom. The van der Waals surface area contributed by atoms with Gasteiger partial charge in [-0.2, -0.15) is 0 Å². The van der Waals surface area contributed by atoms with Crippen molar-refractivity contribution in [2.45, 2.75) is 5.75 Å². The van der Waals surface area contributed by atoms with Crippen LogP contribution in [0.1, 0.15) is 5.56 Å². The smallest absolute Gasteiger partial charge is 0.315 e. The number of ether oxygens (including phenoxy) is 1. The number of hydrogen-bond acceptors (Lipinski definition) is 5. The first-order valence-electron chi connectivity index (χ1n) is 5.83. The van der Waals surface area contributed by atoms with E-state index in [1.54, 1.807) is 7.05 Å². The number of carbonyl (C=O) groups is 2. The fourth-order valence-electron chi connectivity index (χ4n) is 1.42. The topological polar surface area (TPSA) is 67.4 Å². The molecule has 0 aliphatic rings. The zero-order chi connectivity index (χ0) is 14.1. The Balaban J connectivity index is 0.00000361. The lowest BCUT2D eigenvalue weighted by Crippen LogP contribution is -2.25. The largest absolute Gasteiger partial charge is 0.468 e. The highest BCUT2D eigenvalue weighted by molar-refractivity contribution is 7.99. The maximum atomic E-state index is 11.4. The monoisotopic (exact) mass is 318 g/mol. The van der Waals surface area contributed by atoms with E-state index in [0.29, 0.717) is 11.5 Å². The number of benzene rings is 1. The van der Waals surface area contributed by atoms with Gasteiger partial charge in [-0.05, 0) is 24.7 Å². The van der Waals surface area contributed by atoms with Crippen molar-refractivity contribution in [1.82, 2.24) is 5.32 Å². The van der Waals surface area contributed by atoms with Gasteiger partial charge in [-0.3, -0.25) is 9.59 Å². The number of carbonyl (C=O) groups excluding carboxylic acids is 2. The van der Waals surface area contributed by atoms with E-state index in [1.165, 1.54) is 18.9 Å². The predicted molar refractivity (Wildman–Crippen MR) is 84.4 cm³/mol. The molecule has 1 rings (SSSR count). The van der Waals surface area contributed by atoms with Crippen LogP contribution in [0.15, 0.2) is 24.3 Å². The van der Waals surface area contributed by atoms with Crippen LogP contribution in [-0.4, -0.2) is 38.3 Å². The highest BCUT2D eigenvalue weighted by Crippen LogP contribution is 2.16. The number of halogens is 1. The van der Waals surface area contributed by atoms with Crippen LogP contribution in [0.5, 0.6) is 0 Å². The van der Waals surface area contributed by atoms with Crippen LogP contribution in [0.25, 0.3) is 0 Å². The van der Waals surface area contributed by atoms with Crippen LogP contribution < -0.4 is 10.6 Å². The summed E-state index contributed by atoms with van der Waals surface area (Å²) in [6.07, 6.45) is 0. The van der Waals surface area contributed by atoms with Crippen LogP contribution in [0.2, 0.25) is 0 Å². The fourth-order valence-corrected chi connectivity index (χ4v) is 2.22. The van der Waals surface area contributed by atoms with Gasteiger partial charge in [0.1, 0.15) is 0 Å². The molecule has 0 aromatic heterocycles. The zero-order valence-corrected chi connectivity index (χ0v) is 13.1. The Bertz CT molecular complexity index is 443. The van der Waals surface area contributed by atoms with Crippen LogP contribution >= 0.6 is 24.2 Å². The molecule has 1 aromatic rings. The Morgan fingerprint density at radius 2 is 2.10 bits per heavy atom. The van der Waals surface area contributed by atoms with E-state index in [9.17, 15) is 9.59 Å². The van der Waals surface area contributed by atoms with Crippen molar-refractivity contribution in [3.05, 3.63) is 29.8 Å². The number of amides is 1. The maximum Gasteiger partial charge on any atom is 0.315 e. The van der Waals surface area contributed by atoms with Crippen molar-refractivity contribution in [3.63, 3.8) is 0 Å². The molecule has 0 saturated heterocycles. The van der Waals surface area contributed by atoms with Gasteiger partial charge in [0.2, 0.25) is 5.91 Å². The summed E-state index contributed by atoms with van der Waals surface area (Å²) in [5, 5.41) is 5.58. The second-order valence-corrected chi connectivity index (χ2v) is 4.83. The lowest BCUT2D eigenvalue weighted by molar-refractivity contribution is -0.137. The second-order valence-electron chi connectivity index (χ2n) is 3.85. The van der Waals surface area contributed by atoms with E-state index < -0.39 is 0 Å². The Kier molecular flexibility index (Phi) is 9.88. The van der Waals surface area contributed by atoms with Crippen LogP contribution in [-0.2, 0) is 20.1 Å². The molecule has 0 heterocycles. The maximum absolute atomic E-state index is 11.4. The normalized spacial score (nSPS) is 9.50. The molecular formula is C13H19ClN2O3S. The van der Waals surface area contributed by atoms with Gasteiger partial charge in [0.25, 0.3) is 0 Å². The van der Waals surface area contributed by atoms with E-state index in [4.69, 9.17) is 0 Å². The van der Waals surface area contributed by atoms with Crippen molar-refractivity contribution in [3.8, 4) is 0 Å². The first-order chi connectivity index (χ1) is 9.15. The number of methoxy groups -OCH3 is 1. The third kappa shape index (κ3) is 7.37. The van der Waals surface area contributed by atoms with Crippen molar-refractivity contribution in [2.24, 2.45) is 0 Å². The molecule has 0 aliphatic carbocycles. The summed E-state index contributed by atoms with van der Waals surface area (Å²) in [7, 11) is 3.10. The molecule has 0 radical (unpaired) electrons. The summed E-state index contributed by atoms with van der Waals surface area (Å²) >= 11 is 1.48. The zero-order valence-electron chi connectivity index (χ0n) is 11.5. The minimum Gasteiger partial charge on any atom is -0.468 e. The van der Waals surface area contributed by atoms with Crippen molar-refractivity contribution in [1.29, 1.82) is 0 Å². The first-order valence-corrected chi connectivity index (χ1v) is 6.99. The summed E-state index contributed by atoms with van der Waals surface area (Å²) in [4.78, 5) is 22.4. The predicted octanol–water partition coefficient (Wildman–Crippen LogP) is 1.67. The number of hydrogen-bond donors (Lipinski definition) is 2. The van der Waals surface area contributed by atoms with Crippen LogP contribution in [0, 0.1) is 0 Å². The van der Waals surface area contributed by atoms with E-state index in [0.717, 1.165) is 11.3 Å². The molecule has 0 aliphatic heterocycles. The van der Waals surface area contributed by atoms with E-state index in [2.05, 4.69) is 15.4 Å². The van der Waals surface area contributed by atoms with Gasteiger partial charge < -0.3 is 15.4 Å². The van der Waals surface area contributed by atoms with Gasteiger partial charge in [-0.15, -0.1) is 24.2 Å². The third-order valence-electron chi connectivity index (χ3n) is 2.26. The highest BCUT2D eigenvalue weighted by atomic mass is 35.5. The Hall–Kier alpha value is -1.24. The SMILES string of the molecule is CNCC(=O)Nc1cccc(CSCC(=O)OC)c1.Cl. The summed E-state index contributed by atoms with van der Waals surface area (Å²) in [5.41, 5.74) is 1.81. The number of esters is 1. The molecule has 0 saturated carbocycles. The molecule has 2 N–H and O–H groups in total. The minimum absolute atomic E-state index is 0. The molecule has 7 heteroatoms. The van der Waals surface area contributed by atoms with Crippen LogP contribution in [0.3, 0.4) is 0 Å². The van der Waals surface area contributed by atoms with E-state index in [-0.39, 0.29) is 30.8 Å². The van der Waals surface area contributed by atoms with Crippen molar-refractivity contribution in [2.75, 3.05) is 31.8 Å². The standard InChI is InChI=1S/C13H18N2O3S.ClH/c1-14-7-12(16)15-11-5-3-4-10(6-11)8-19-9-13(17)18-2;/h3-6,14H,7-9H2,1-2H3,(H,15,16);1H. The second kappa shape index (κ2) is 10.5. The number of rotatable bonds is 7. The van der Waals surface area contributed by atoms with Gasteiger partial charge in [0.05, 0.1) is 19.4 Å². The summed E-state index contributed by atoms with van der Waals surface area (Å²) in [6, 6.07) is 7.57. The van der Waals surface area contributed by atoms with E-state index in [1.807, 2.05) is 24.3 Å². The molecule has 0 bridgehead atoms. The summed E-state index contributed by atoms with van der Waals surface area (Å²) in [6.45, 7) is 0.279. The van der Waals surface area contributed by atoms with Crippen molar-refractivity contribution >= 4 is 41.7 Å². The molecule has 0 atom stereocenters. The van der Waals surface area contributed by atoms with Gasteiger partial charge >= 0.3 is 5.97 Å². The molecule has 112 valence electrons. The number of thioether (sulfide) groups is 1. The van der Waals surface area contributed by atoms with Gasteiger partial charge in [0, 0.05) is 11.4 Å². The summed E-state index contributed by atoms with van der Waals surface area (Å²) < 4.78 is 4.57. The third-order valence-corrected chi connectivity index (χ3v) is 3.24. The molecule has 1 aromatic carbocycles. The molecular weight excluding hydrogens is 300 g/mol. The highest BCUT2D eigenvalue weighted by Gasteiger charge is 2.03. The lowest BCUT2D eigenvalue weighted by atomic mass is 10.2. The average Bonchev–Trinajstić information content (AvgIpc) is 2.39. The molecule has 20 heavy (non-hydrogen) atoms. The number of likely N-dealkylation sites (N-methyl/N-ethyl adjacent to an activating group) is 1. The molecule has 1 amide bonds. The minimum atomic E-state index is -0.233. The molecule has 0 fully saturated rings. The van der Waals surface area contributed by atoms with Gasteiger partial charge in [-0.1, -0.05) is 12.1 Å².